The maximum atomic E-state index is 2.44. The highest BCUT2D eigenvalue weighted by molar-refractivity contribution is 7.26. The average Bonchev–Trinajstić information content (AvgIpc) is 3.64. The second-order valence-electron chi connectivity index (χ2n) is 11.7. The molecule has 2 heteroatoms. The quantitative estimate of drug-likeness (QED) is 0.181. The first-order valence-electron chi connectivity index (χ1n) is 15.1. The second-order valence-corrected chi connectivity index (χ2v) is 12.7. The molecule has 0 amide bonds. The number of nitrogens with zero attached hydrogens (tertiary/aromatic N) is 1. The van der Waals surface area contributed by atoms with E-state index in [1.54, 1.807) is 0 Å². The number of hydrogen-bond donors (Lipinski definition) is 0. The maximum Gasteiger partial charge on any atom is 0.0541 e. The van der Waals surface area contributed by atoms with Crippen molar-refractivity contribution >= 4 is 85.6 Å². The molecule has 0 N–H and O–H groups in total. The van der Waals surface area contributed by atoms with Gasteiger partial charge in [0.2, 0.25) is 0 Å². The Morgan fingerprint density at radius 2 is 0.955 bits per heavy atom. The van der Waals surface area contributed by atoms with Gasteiger partial charge in [-0.2, -0.15) is 0 Å². The van der Waals surface area contributed by atoms with Crippen LogP contribution in [0.4, 0.5) is 0 Å². The summed E-state index contributed by atoms with van der Waals surface area (Å²) in [5, 5.41) is 13.0. The third-order valence-corrected chi connectivity index (χ3v) is 10.6. The van der Waals surface area contributed by atoms with Crippen molar-refractivity contribution in [1.82, 2.24) is 4.57 Å². The van der Waals surface area contributed by atoms with Gasteiger partial charge < -0.3 is 4.57 Å². The van der Waals surface area contributed by atoms with Gasteiger partial charge >= 0.3 is 0 Å². The fourth-order valence-corrected chi connectivity index (χ4v) is 8.67. The van der Waals surface area contributed by atoms with E-state index in [2.05, 4.69) is 156 Å². The summed E-state index contributed by atoms with van der Waals surface area (Å²) >= 11 is 1.89. The van der Waals surface area contributed by atoms with Crippen LogP contribution < -0.4 is 0 Å². The predicted octanol–water partition coefficient (Wildman–Crippen LogP) is 12.3. The molecule has 0 spiro atoms. The zero-order valence-electron chi connectivity index (χ0n) is 23.8. The van der Waals surface area contributed by atoms with E-state index in [4.69, 9.17) is 0 Å². The summed E-state index contributed by atoms with van der Waals surface area (Å²) < 4.78 is 5.13. The van der Waals surface area contributed by atoms with Gasteiger partial charge in [0.05, 0.1) is 11.0 Å². The Bertz CT molecular complexity index is 2740. The normalized spacial score (nSPS) is 12.1. The summed E-state index contributed by atoms with van der Waals surface area (Å²) in [6, 6.07) is 55.9. The molecule has 0 aliphatic heterocycles. The first kappa shape index (κ1) is 24.0. The Morgan fingerprint density at radius 3 is 1.73 bits per heavy atom. The van der Waals surface area contributed by atoms with Gasteiger partial charge in [0.25, 0.3) is 0 Å². The minimum atomic E-state index is 1.18. The average molecular weight is 576 g/mol. The third kappa shape index (κ3) is 3.29. The van der Waals surface area contributed by atoms with Crippen molar-refractivity contribution in [3.8, 4) is 16.8 Å². The lowest BCUT2D eigenvalue weighted by Crippen LogP contribution is -1.94. The van der Waals surface area contributed by atoms with Gasteiger partial charge in [-0.05, 0) is 79.8 Å². The second kappa shape index (κ2) is 9.03. The van der Waals surface area contributed by atoms with Gasteiger partial charge in [-0.3, -0.25) is 0 Å². The molecule has 1 nitrogen and oxygen atoms in total. The number of rotatable bonds is 2. The maximum absolute atomic E-state index is 2.44. The summed E-state index contributed by atoms with van der Waals surface area (Å²) in [5.74, 6) is 0. The Morgan fingerprint density at radius 1 is 0.364 bits per heavy atom. The monoisotopic (exact) mass is 575 g/mol. The van der Waals surface area contributed by atoms with Crippen LogP contribution in [-0.2, 0) is 0 Å². The zero-order chi connectivity index (χ0) is 28.8. The van der Waals surface area contributed by atoms with Gasteiger partial charge in [-0.25, -0.2) is 0 Å². The minimum Gasteiger partial charge on any atom is -0.309 e. The van der Waals surface area contributed by atoms with Crippen LogP contribution in [0.5, 0.6) is 0 Å². The van der Waals surface area contributed by atoms with Crippen molar-refractivity contribution in [2.75, 3.05) is 0 Å². The van der Waals surface area contributed by atoms with E-state index in [9.17, 15) is 0 Å². The van der Waals surface area contributed by atoms with Crippen LogP contribution in [0.15, 0.2) is 152 Å². The highest BCUT2D eigenvalue weighted by Gasteiger charge is 2.16. The third-order valence-electron chi connectivity index (χ3n) is 9.37. The Labute approximate surface area is 257 Å². The Kier molecular flexibility index (Phi) is 4.94. The number of para-hydroxylation sites is 1. The summed E-state index contributed by atoms with van der Waals surface area (Å²) in [4.78, 5) is 0. The summed E-state index contributed by atoms with van der Waals surface area (Å²) in [7, 11) is 0. The molecule has 8 aromatic carbocycles. The number of hydrogen-bond acceptors (Lipinski definition) is 1. The van der Waals surface area contributed by atoms with Crippen LogP contribution in [0.3, 0.4) is 0 Å². The topological polar surface area (TPSA) is 4.93 Å². The minimum absolute atomic E-state index is 1.18. The van der Waals surface area contributed by atoms with Crippen LogP contribution in [0.2, 0.25) is 0 Å². The van der Waals surface area contributed by atoms with Crippen LogP contribution >= 0.6 is 11.3 Å². The molecular formula is C42H25NS. The summed E-state index contributed by atoms with van der Waals surface area (Å²) in [6.07, 6.45) is 0. The highest BCUT2D eigenvalue weighted by atomic mass is 32.1. The number of aromatic nitrogens is 1. The van der Waals surface area contributed by atoms with Crippen LogP contribution in [-0.4, -0.2) is 4.57 Å². The first-order valence-corrected chi connectivity index (χ1v) is 15.9. The van der Waals surface area contributed by atoms with Crippen molar-refractivity contribution in [2.24, 2.45) is 0 Å². The molecule has 0 aliphatic rings. The van der Waals surface area contributed by atoms with E-state index in [0.29, 0.717) is 0 Å². The van der Waals surface area contributed by atoms with E-state index >= 15 is 0 Å². The van der Waals surface area contributed by atoms with Crippen molar-refractivity contribution in [3.63, 3.8) is 0 Å². The molecule has 0 bridgehead atoms. The SMILES string of the molecule is c1ccc2c(c1)sc1c(-c3ccc4c(c3)c3ccccc3n4-c3ccc4c5ccccc5c5ccccc5c4c3)cccc12. The molecule has 0 saturated heterocycles. The first-order chi connectivity index (χ1) is 21.8. The van der Waals surface area contributed by atoms with Gasteiger partial charge in [-0.15, -0.1) is 11.3 Å². The fraction of sp³-hybridized carbons (Fsp3) is 0. The van der Waals surface area contributed by atoms with Crippen molar-refractivity contribution in [2.45, 2.75) is 0 Å². The van der Waals surface area contributed by atoms with Gasteiger partial charge in [0.15, 0.2) is 0 Å². The van der Waals surface area contributed by atoms with Crippen LogP contribution in [0.1, 0.15) is 0 Å². The van der Waals surface area contributed by atoms with E-state index < -0.39 is 0 Å². The molecule has 0 unspecified atom stereocenters. The Balaban J connectivity index is 1.24. The molecule has 0 atom stereocenters. The molecule has 44 heavy (non-hydrogen) atoms. The lowest BCUT2D eigenvalue weighted by atomic mass is 9.94. The molecule has 2 heterocycles. The number of thiophene rings is 1. The highest BCUT2D eigenvalue weighted by Crippen LogP contribution is 2.42. The standard InChI is InChI=1S/C42H25NS/c1-2-12-31-29(10-1)30-11-3-4-13-32(30)37-25-27(21-22-33(31)37)43-39-18-7-5-14-34(39)38-24-26(20-23-40(38)43)28-16-9-17-36-35-15-6-8-19-41(35)44-42(28)36/h1-25H. The molecule has 10 aromatic rings. The van der Waals surface area contributed by atoms with Gasteiger partial charge in [0, 0.05) is 36.6 Å². The lowest BCUT2D eigenvalue weighted by molar-refractivity contribution is 1.19. The molecule has 0 fully saturated rings. The van der Waals surface area contributed by atoms with Gasteiger partial charge in [-0.1, -0.05) is 115 Å². The molecule has 0 aliphatic carbocycles. The number of benzene rings is 8. The summed E-state index contributed by atoms with van der Waals surface area (Å²) in [6.45, 7) is 0. The predicted molar refractivity (Wildman–Crippen MR) is 192 cm³/mol. The molecule has 2 aromatic heterocycles. The van der Waals surface area contributed by atoms with Crippen LogP contribution in [0.25, 0.3) is 91.1 Å². The molecular weight excluding hydrogens is 551 g/mol. The van der Waals surface area contributed by atoms with E-state index in [0.717, 1.165) is 0 Å². The fourth-order valence-electron chi connectivity index (χ4n) is 7.43. The van der Waals surface area contributed by atoms with Gasteiger partial charge in [0.1, 0.15) is 0 Å². The van der Waals surface area contributed by atoms with E-state index in [1.807, 2.05) is 11.3 Å². The van der Waals surface area contributed by atoms with E-state index in [1.165, 1.54) is 91.1 Å². The van der Waals surface area contributed by atoms with E-state index in [-0.39, 0.29) is 0 Å². The molecule has 204 valence electrons. The van der Waals surface area contributed by atoms with Crippen molar-refractivity contribution in [1.29, 1.82) is 0 Å². The molecule has 10 rings (SSSR count). The zero-order valence-corrected chi connectivity index (χ0v) is 24.6. The van der Waals surface area contributed by atoms with Crippen LogP contribution in [0, 0.1) is 0 Å². The summed E-state index contributed by atoms with van der Waals surface area (Å²) in [5.41, 5.74) is 6.19. The molecule has 0 radical (unpaired) electrons. The lowest BCUT2D eigenvalue weighted by Gasteiger charge is -2.14. The Hall–Kier alpha value is -5.44. The van der Waals surface area contributed by atoms with Crippen molar-refractivity contribution < 1.29 is 0 Å². The number of fused-ring (bicyclic) bond motifs is 12. The smallest absolute Gasteiger partial charge is 0.0541 e. The molecule has 0 saturated carbocycles. The largest absolute Gasteiger partial charge is 0.309 e. The van der Waals surface area contributed by atoms with Crippen molar-refractivity contribution in [3.05, 3.63) is 152 Å².